The lowest BCUT2D eigenvalue weighted by molar-refractivity contribution is -0.137. The Labute approximate surface area is 199 Å². The maximum absolute atomic E-state index is 5.63. The van der Waals surface area contributed by atoms with Gasteiger partial charge >= 0.3 is 0 Å². The van der Waals surface area contributed by atoms with Crippen LogP contribution < -0.4 is 0 Å². The molecule has 0 amide bonds. The third-order valence-electron chi connectivity index (χ3n) is 14.6. The highest BCUT2D eigenvalue weighted by Gasteiger charge is 2.76. The summed E-state index contributed by atoms with van der Waals surface area (Å²) in [4.78, 5) is 0. The molecule has 0 nitrogen and oxygen atoms in total. The van der Waals surface area contributed by atoms with E-state index in [1.165, 1.54) is 32.1 Å². The molecule has 1 heteroatoms. The molecular weight excluding hydrogens is 392 g/mol. The first-order chi connectivity index (χ1) is 14.0. The minimum Gasteiger partial charge on any atom is -0.172 e. The Morgan fingerprint density at radius 2 is 1.35 bits per heavy atom. The summed E-state index contributed by atoms with van der Waals surface area (Å²) >= 11 is 5.63. The van der Waals surface area contributed by atoms with Crippen LogP contribution in [0.5, 0.6) is 0 Å². The van der Waals surface area contributed by atoms with Crippen LogP contribution in [-0.2, 0) is 0 Å². The van der Waals surface area contributed by atoms with E-state index >= 15 is 0 Å². The number of hydrogen-bond donors (Lipinski definition) is 1. The van der Waals surface area contributed by atoms with Crippen LogP contribution in [0.4, 0.5) is 0 Å². The van der Waals surface area contributed by atoms with E-state index in [0.717, 1.165) is 41.4 Å². The monoisotopic (exact) mass is 444 g/mol. The molecule has 5 aliphatic carbocycles. The molecule has 178 valence electrons. The third-order valence-corrected chi connectivity index (χ3v) is 15.6. The highest BCUT2D eigenvalue weighted by molar-refractivity contribution is 7.81. The summed E-state index contributed by atoms with van der Waals surface area (Å²) in [6, 6.07) is 0. The van der Waals surface area contributed by atoms with Crippen molar-refractivity contribution in [1.29, 1.82) is 0 Å². The highest BCUT2D eigenvalue weighted by atomic mass is 32.1. The summed E-state index contributed by atoms with van der Waals surface area (Å²) < 4.78 is 0.0431. The molecule has 5 fully saturated rings. The lowest BCUT2D eigenvalue weighted by Gasteiger charge is -2.62. The number of fused-ring (bicyclic) bond motifs is 3. The molecule has 5 rings (SSSR count). The smallest absolute Gasteiger partial charge is 0.0186 e. The fourth-order valence-electron chi connectivity index (χ4n) is 11.2. The van der Waals surface area contributed by atoms with Crippen LogP contribution in [0.15, 0.2) is 0 Å². The molecule has 11 atom stereocenters. The number of thiol groups is 1. The summed E-state index contributed by atoms with van der Waals surface area (Å²) in [5.74, 6) is 6.75. The van der Waals surface area contributed by atoms with Gasteiger partial charge in [-0.2, -0.15) is 12.6 Å². The van der Waals surface area contributed by atoms with Gasteiger partial charge in [-0.1, -0.05) is 75.7 Å². The molecule has 0 aromatic carbocycles. The fourth-order valence-corrected chi connectivity index (χ4v) is 11.7. The van der Waals surface area contributed by atoms with Crippen LogP contribution >= 0.6 is 12.6 Å². The minimum atomic E-state index is 0.0431. The van der Waals surface area contributed by atoms with Gasteiger partial charge in [-0.25, -0.2) is 0 Å². The molecule has 4 bridgehead atoms. The Morgan fingerprint density at radius 3 is 1.97 bits per heavy atom. The first-order valence-corrected chi connectivity index (χ1v) is 14.1. The van der Waals surface area contributed by atoms with Crippen LogP contribution in [0.3, 0.4) is 0 Å². The quantitative estimate of drug-likeness (QED) is 0.355. The van der Waals surface area contributed by atoms with Crippen LogP contribution in [0, 0.1) is 74.4 Å². The van der Waals surface area contributed by atoms with Gasteiger partial charge < -0.3 is 0 Å². The maximum atomic E-state index is 5.63. The second-order valence-electron chi connectivity index (χ2n) is 15.8. The largest absolute Gasteiger partial charge is 0.172 e. The predicted molar refractivity (Wildman–Crippen MR) is 137 cm³/mol. The van der Waals surface area contributed by atoms with Gasteiger partial charge in [-0.15, -0.1) is 0 Å². The lowest BCUT2D eigenvalue weighted by Crippen LogP contribution is -2.57. The van der Waals surface area contributed by atoms with Gasteiger partial charge in [0.05, 0.1) is 0 Å². The van der Waals surface area contributed by atoms with E-state index in [4.69, 9.17) is 12.6 Å². The number of hydrogen-bond acceptors (Lipinski definition) is 1. The first-order valence-electron chi connectivity index (χ1n) is 13.7. The zero-order valence-corrected chi connectivity index (χ0v) is 23.5. The van der Waals surface area contributed by atoms with Crippen molar-refractivity contribution in [2.45, 2.75) is 113 Å². The SMILES string of the molecule is CC1CCC2CC2(C)C2CC3C(C)C(C)(S)C(C)(C)C(C)(C)C4CC(C)(C)C(C)(C13)C24. The van der Waals surface area contributed by atoms with Crippen molar-refractivity contribution in [3.05, 3.63) is 0 Å². The molecule has 0 aliphatic heterocycles. The van der Waals surface area contributed by atoms with Crippen molar-refractivity contribution in [3.8, 4) is 0 Å². The standard InChI is InChI=1S/C30H52S/c1-17-12-13-19-15-28(19,9)21-14-20-18(2)30(11,31)27(7,8)26(5,6)22-16-25(3,4)29(10,23(17)20)24(21)22/h17-24,31H,12-16H2,1-11H3. The molecule has 0 saturated heterocycles. The molecule has 5 saturated carbocycles. The minimum absolute atomic E-state index is 0.0431. The fraction of sp³-hybridized carbons (Fsp3) is 1.00. The third kappa shape index (κ3) is 2.42. The normalized spacial score (nSPS) is 60.8. The van der Waals surface area contributed by atoms with Gasteiger partial charge in [0.1, 0.15) is 0 Å². The topological polar surface area (TPSA) is 0 Å². The van der Waals surface area contributed by atoms with Gasteiger partial charge in [-0.3, -0.25) is 0 Å². The lowest BCUT2D eigenvalue weighted by atomic mass is 9.43. The molecule has 0 radical (unpaired) electrons. The Morgan fingerprint density at radius 1 is 0.742 bits per heavy atom. The van der Waals surface area contributed by atoms with Gasteiger partial charge in [0.25, 0.3) is 0 Å². The Hall–Kier alpha value is 0.350. The summed E-state index contributed by atoms with van der Waals surface area (Å²) in [7, 11) is 0. The molecule has 0 aromatic rings. The Kier molecular flexibility index (Phi) is 4.56. The van der Waals surface area contributed by atoms with E-state index in [-0.39, 0.29) is 15.6 Å². The van der Waals surface area contributed by atoms with Crippen molar-refractivity contribution >= 4 is 12.6 Å². The van der Waals surface area contributed by atoms with Crippen LogP contribution in [0.1, 0.15) is 108 Å². The van der Waals surface area contributed by atoms with E-state index in [9.17, 15) is 0 Å². The predicted octanol–water partition coefficient (Wildman–Crippen LogP) is 8.75. The van der Waals surface area contributed by atoms with Gasteiger partial charge in [0.15, 0.2) is 0 Å². The van der Waals surface area contributed by atoms with E-state index in [2.05, 4.69) is 76.2 Å². The molecule has 0 aromatic heterocycles. The van der Waals surface area contributed by atoms with Crippen LogP contribution in [0.2, 0.25) is 0 Å². The van der Waals surface area contributed by atoms with E-state index in [1.807, 2.05) is 0 Å². The summed E-state index contributed by atoms with van der Waals surface area (Å²) in [6.07, 6.45) is 7.36. The van der Waals surface area contributed by atoms with Crippen LogP contribution in [-0.4, -0.2) is 4.75 Å². The molecule has 0 heterocycles. The first kappa shape index (κ1) is 23.1. The highest BCUT2D eigenvalue weighted by Crippen LogP contribution is 2.81. The molecular formula is C30H52S. The van der Waals surface area contributed by atoms with E-state index < -0.39 is 0 Å². The van der Waals surface area contributed by atoms with Crippen molar-refractivity contribution < 1.29 is 0 Å². The second kappa shape index (κ2) is 6.12. The van der Waals surface area contributed by atoms with Gasteiger partial charge in [-0.05, 0) is 107 Å². The zero-order valence-electron chi connectivity index (χ0n) is 22.6. The molecule has 5 aliphatic rings. The molecule has 0 N–H and O–H groups in total. The Bertz CT molecular complexity index is 773. The Balaban J connectivity index is 1.85. The molecule has 11 unspecified atom stereocenters. The average Bonchev–Trinajstić information content (AvgIpc) is 3.24. The summed E-state index contributed by atoms with van der Waals surface area (Å²) in [6.45, 7) is 29.2. The van der Waals surface area contributed by atoms with Gasteiger partial charge in [0, 0.05) is 4.75 Å². The van der Waals surface area contributed by atoms with Crippen molar-refractivity contribution in [1.82, 2.24) is 0 Å². The summed E-state index contributed by atoms with van der Waals surface area (Å²) in [5.41, 5.74) is 1.93. The summed E-state index contributed by atoms with van der Waals surface area (Å²) in [5, 5.41) is 0. The second-order valence-corrected chi connectivity index (χ2v) is 16.7. The van der Waals surface area contributed by atoms with Crippen LogP contribution in [0.25, 0.3) is 0 Å². The van der Waals surface area contributed by atoms with E-state index in [0.29, 0.717) is 22.2 Å². The van der Waals surface area contributed by atoms with Gasteiger partial charge in [0.2, 0.25) is 0 Å². The molecule has 31 heavy (non-hydrogen) atoms. The van der Waals surface area contributed by atoms with E-state index in [1.54, 1.807) is 0 Å². The van der Waals surface area contributed by atoms with Crippen molar-refractivity contribution in [2.24, 2.45) is 74.4 Å². The zero-order chi connectivity index (χ0) is 23.2. The maximum Gasteiger partial charge on any atom is 0.0186 e. The van der Waals surface area contributed by atoms with Crippen molar-refractivity contribution in [3.63, 3.8) is 0 Å². The molecule has 0 spiro atoms. The number of rotatable bonds is 0. The average molecular weight is 445 g/mol. The van der Waals surface area contributed by atoms with Crippen molar-refractivity contribution in [2.75, 3.05) is 0 Å².